The van der Waals surface area contributed by atoms with Crippen LogP contribution in [0.4, 0.5) is 0 Å². The van der Waals surface area contributed by atoms with E-state index in [2.05, 4.69) is 13.0 Å². The van der Waals surface area contributed by atoms with Crippen molar-refractivity contribution in [1.82, 2.24) is 0 Å². The first-order valence-electron chi connectivity index (χ1n) is 7.42. The summed E-state index contributed by atoms with van der Waals surface area (Å²) in [4.78, 5) is 24.7. The highest BCUT2D eigenvalue weighted by molar-refractivity contribution is 6.03. The molecule has 1 aromatic rings. The molecule has 2 saturated carbocycles. The quantitative estimate of drug-likeness (QED) is 0.636. The van der Waals surface area contributed by atoms with E-state index < -0.39 is 17.4 Å². The Balaban J connectivity index is 2.03. The standard InChI is InChI=1S/C18H20O4/c1-17-11-14(17)18(15(19)21-2,16(20)22-3)10-13(17)9-12-7-5-4-6-8-12/h4-9,14H,10-11H2,1-3H3/b13-9+/t14-,17-/m0/s1. The molecule has 0 bridgehead atoms. The zero-order chi connectivity index (χ0) is 16.0. The van der Waals surface area contributed by atoms with Crippen molar-refractivity contribution in [3.8, 4) is 0 Å². The van der Waals surface area contributed by atoms with E-state index in [0.717, 1.165) is 17.6 Å². The van der Waals surface area contributed by atoms with Gasteiger partial charge in [0.15, 0.2) is 5.41 Å². The molecule has 0 amide bonds. The fourth-order valence-electron chi connectivity index (χ4n) is 3.91. The number of esters is 2. The van der Waals surface area contributed by atoms with E-state index in [4.69, 9.17) is 9.47 Å². The lowest BCUT2D eigenvalue weighted by Crippen LogP contribution is -2.41. The van der Waals surface area contributed by atoms with E-state index in [-0.39, 0.29) is 11.3 Å². The lowest BCUT2D eigenvalue weighted by atomic mass is 9.81. The SMILES string of the molecule is COC(=O)C1(C(=O)OC)C/C(=C\c2ccccc2)[C@]2(C)C[C@H]12. The van der Waals surface area contributed by atoms with E-state index in [1.807, 2.05) is 30.3 Å². The average molecular weight is 300 g/mol. The number of ether oxygens (including phenoxy) is 2. The normalized spacial score (nSPS) is 29.8. The molecule has 1 aromatic carbocycles. The van der Waals surface area contributed by atoms with Gasteiger partial charge in [0.05, 0.1) is 14.2 Å². The van der Waals surface area contributed by atoms with Gasteiger partial charge in [0.1, 0.15) is 0 Å². The Morgan fingerprint density at radius 2 is 1.73 bits per heavy atom. The summed E-state index contributed by atoms with van der Waals surface area (Å²) in [7, 11) is 2.65. The van der Waals surface area contributed by atoms with Crippen LogP contribution in [-0.4, -0.2) is 26.2 Å². The van der Waals surface area contributed by atoms with Crippen LogP contribution in [0.5, 0.6) is 0 Å². The van der Waals surface area contributed by atoms with Crippen LogP contribution in [0.1, 0.15) is 25.3 Å². The Kier molecular flexibility index (Phi) is 3.35. The van der Waals surface area contributed by atoms with Crippen molar-refractivity contribution in [2.24, 2.45) is 16.7 Å². The summed E-state index contributed by atoms with van der Waals surface area (Å²) >= 11 is 0. The minimum atomic E-state index is -1.18. The Bertz CT molecular complexity index is 630. The number of hydrogen-bond acceptors (Lipinski definition) is 4. The summed E-state index contributed by atoms with van der Waals surface area (Å²) in [5.74, 6) is -0.996. The van der Waals surface area contributed by atoms with Crippen LogP contribution >= 0.6 is 0 Å². The molecule has 2 aliphatic carbocycles. The number of methoxy groups -OCH3 is 2. The van der Waals surface area contributed by atoms with Gasteiger partial charge in [-0.1, -0.05) is 48.9 Å². The highest BCUT2D eigenvalue weighted by Gasteiger charge is 2.75. The van der Waals surface area contributed by atoms with Crippen molar-refractivity contribution in [3.63, 3.8) is 0 Å². The van der Waals surface area contributed by atoms with Crippen molar-refractivity contribution >= 4 is 18.0 Å². The largest absolute Gasteiger partial charge is 0.468 e. The summed E-state index contributed by atoms with van der Waals surface area (Å²) in [6, 6.07) is 9.95. The molecule has 116 valence electrons. The second-order valence-corrected chi connectivity index (χ2v) is 6.39. The van der Waals surface area contributed by atoms with E-state index in [1.54, 1.807) is 0 Å². The topological polar surface area (TPSA) is 52.6 Å². The highest BCUT2D eigenvalue weighted by Crippen LogP contribution is 2.74. The fraction of sp³-hybridized carbons (Fsp3) is 0.444. The van der Waals surface area contributed by atoms with Crippen LogP contribution in [0, 0.1) is 16.7 Å². The Labute approximate surface area is 130 Å². The fourth-order valence-corrected chi connectivity index (χ4v) is 3.91. The van der Waals surface area contributed by atoms with Gasteiger partial charge in [0.25, 0.3) is 0 Å². The van der Waals surface area contributed by atoms with E-state index >= 15 is 0 Å². The van der Waals surface area contributed by atoms with Crippen molar-refractivity contribution in [3.05, 3.63) is 41.5 Å². The van der Waals surface area contributed by atoms with Gasteiger partial charge in [-0.25, -0.2) is 0 Å². The van der Waals surface area contributed by atoms with Gasteiger partial charge in [0.2, 0.25) is 0 Å². The van der Waals surface area contributed by atoms with Gasteiger partial charge < -0.3 is 9.47 Å². The van der Waals surface area contributed by atoms with Crippen LogP contribution in [0.25, 0.3) is 6.08 Å². The smallest absolute Gasteiger partial charge is 0.323 e. The predicted octanol–water partition coefficient (Wildman–Crippen LogP) is 2.83. The Hall–Kier alpha value is -2.10. The van der Waals surface area contributed by atoms with Gasteiger partial charge >= 0.3 is 11.9 Å². The van der Waals surface area contributed by atoms with Gasteiger partial charge in [-0.05, 0) is 29.7 Å². The molecule has 0 saturated heterocycles. The lowest BCUT2D eigenvalue weighted by molar-refractivity contribution is -0.170. The molecule has 3 rings (SSSR count). The molecular formula is C18H20O4. The third-order valence-corrected chi connectivity index (χ3v) is 5.27. The second-order valence-electron chi connectivity index (χ2n) is 6.39. The average Bonchev–Trinajstić information content (AvgIpc) is 3.18. The first-order valence-corrected chi connectivity index (χ1v) is 7.42. The van der Waals surface area contributed by atoms with Crippen LogP contribution in [-0.2, 0) is 19.1 Å². The van der Waals surface area contributed by atoms with E-state index in [0.29, 0.717) is 6.42 Å². The molecular weight excluding hydrogens is 280 g/mol. The number of carbonyl (C=O) groups excluding carboxylic acids is 2. The van der Waals surface area contributed by atoms with Crippen molar-refractivity contribution < 1.29 is 19.1 Å². The molecule has 2 fully saturated rings. The summed E-state index contributed by atoms with van der Waals surface area (Å²) in [5, 5.41) is 0. The first-order chi connectivity index (χ1) is 10.5. The maximum absolute atomic E-state index is 12.4. The molecule has 0 spiro atoms. The van der Waals surface area contributed by atoms with Crippen molar-refractivity contribution in [2.75, 3.05) is 14.2 Å². The Morgan fingerprint density at radius 3 is 2.27 bits per heavy atom. The van der Waals surface area contributed by atoms with Crippen LogP contribution in [0.3, 0.4) is 0 Å². The number of fused-ring (bicyclic) bond motifs is 1. The van der Waals surface area contributed by atoms with Crippen molar-refractivity contribution in [1.29, 1.82) is 0 Å². The molecule has 0 aliphatic heterocycles. The molecule has 4 heteroatoms. The monoisotopic (exact) mass is 300 g/mol. The number of benzene rings is 1. The number of rotatable bonds is 3. The predicted molar refractivity (Wildman–Crippen MR) is 81.7 cm³/mol. The minimum Gasteiger partial charge on any atom is -0.468 e. The van der Waals surface area contributed by atoms with E-state index in [9.17, 15) is 9.59 Å². The lowest BCUT2D eigenvalue weighted by Gasteiger charge is -2.24. The van der Waals surface area contributed by atoms with Crippen LogP contribution < -0.4 is 0 Å². The maximum Gasteiger partial charge on any atom is 0.323 e. The molecule has 0 unspecified atom stereocenters. The molecule has 2 atom stereocenters. The zero-order valence-corrected chi connectivity index (χ0v) is 13.1. The summed E-state index contributed by atoms with van der Waals surface area (Å²) in [5.41, 5.74) is 0.909. The molecule has 0 aromatic heterocycles. The molecule has 0 radical (unpaired) electrons. The summed E-state index contributed by atoms with van der Waals surface area (Å²) in [6.45, 7) is 2.11. The maximum atomic E-state index is 12.4. The van der Waals surface area contributed by atoms with Gasteiger partial charge in [0, 0.05) is 0 Å². The molecule has 0 heterocycles. The molecule has 4 nitrogen and oxygen atoms in total. The van der Waals surface area contributed by atoms with E-state index in [1.165, 1.54) is 14.2 Å². The number of allylic oxidation sites excluding steroid dienone is 1. The molecule has 22 heavy (non-hydrogen) atoms. The Morgan fingerprint density at radius 1 is 1.14 bits per heavy atom. The number of carbonyl (C=O) groups is 2. The molecule has 0 N–H and O–H groups in total. The van der Waals surface area contributed by atoms with Gasteiger partial charge in [-0.2, -0.15) is 0 Å². The third kappa shape index (κ3) is 1.90. The van der Waals surface area contributed by atoms with Gasteiger partial charge in [-0.3, -0.25) is 9.59 Å². The van der Waals surface area contributed by atoms with Crippen LogP contribution in [0.15, 0.2) is 35.9 Å². The zero-order valence-electron chi connectivity index (χ0n) is 13.1. The van der Waals surface area contributed by atoms with Crippen LogP contribution in [0.2, 0.25) is 0 Å². The summed E-state index contributed by atoms with van der Waals surface area (Å²) < 4.78 is 9.87. The highest BCUT2D eigenvalue weighted by atomic mass is 16.5. The van der Waals surface area contributed by atoms with Gasteiger partial charge in [-0.15, -0.1) is 0 Å². The van der Waals surface area contributed by atoms with Crippen molar-refractivity contribution in [2.45, 2.75) is 19.8 Å². The first kappa shape index (κ1) is 14.8. The molecule has 2 aliphatic rings. The third-order valence-electron chi connectivity index (χ3n) is 5.27. The number of hydrogen-bond donors (Lipinski definition) is 0. The second kappa shape index (κ2) is 4.97. The summed E-state index contributed by atoms with van der Waals surface area (Å²) in [6.07, 6.45) is 3.28. The minimum absolute atomic E-state index is 0.0325.